The molecule has 7 nitrogen and oxygen atoms in total. The number of amides is 3. The fourth-order valence-corrected chi connectivity index (χ4v) is 8.87. The maximum absolute atomic E-state index is 14.3. The van der Waals surface area contributed by atoms with E-state index >= 15 is 0 Å². The van der Waals surface area contributed by atoms with Crippen LogP contribution in [0.5, 0.6) is 0 Å². The van der Waals surface area contributed by atoms with Crippen molar-refractivity contribution in [3.63, 3.8) is 0 Å². The molecule has 2 unspecified atom stereocenters. The fraction of sp³-hybridized carbons (Fsp3) is 0.387. The first kappa shape index (κ1) is 27.2. The molecule has 5 rings (SSSR count). The third-order valence-electron chi connectivity index (χ3n) is 8.18. The normalized spacial score (nSPS) is 26.8. The maximum atomic E-state index is 14.3. The average Bonchev–Trinajstić information content (AvgIpc) is 3.60. The van der Waals surface area contributed by atoms with Crippen LogP contribution in [0.3, 0.4) is 0 Å². The van der Waals surface area contributed by atoms with E-state index in [-0.39, 0.29) is 36.1 Å². The van der Waals surface area contributed by atoms with Crippen LogP contribution >= 0.6 is 11.8 Å². The van der Waals surface area contributed by atoms with Gasteiger partial charge in [0, 0.05) is 37.1 Å². The van der Waals surface area contributed by atoms with Gasteiger partial charge in [0.25, 0.3) is 0 Å². The molecule has 2 aromatic rings. The van der Waals surface area contributed by atoms with Crippen LogP contribution in [0.15, 0.2) is 86.0 Å². The second-order valence-corrected chi connectivity index (χ2v) is 12.0. The Morgan fingerprint density at radius 3 is 2.33 bits per heavy atom. The summed E-state index contributed by atoms with van der Waals surface area (Å²) in [4.78, 5) is 47.5. The van der Waals surface area contributed by atoms with Crippen molar-refractivity contribution in [3.8, 4) is 0 Å². The van der Waals surface area contributed by atoms with Crippen molar-refractivity contribution in [1.82, 2.24) is 9.80 Å². The second-order valence-electron chi connectivity index (χ2n) is 10.4. The Hall–Kier alpha value is -3.36. The van der Waals surface area contributed by atoms with Crippen LogP contribution in [0.2, 0.25) is 0 Å². The van der Waals surface area contributed by atoms with Gasteiger partial charge in [0.05, 0.1) is 23.2 Å². The number of aliphatic hydroxyl groups is 1. The summed E-state index contributed by atoms with van der Waals surface area (Å²) in [6.07, 6.45) is 4.83. The van der Waals surface area contributed by atoms with Crippen LogP contribution < -0.4 is 4.90 Å². The van der Waals surface area contributed by atoms with Gasteiger partial charge in [-0.05, 0) is 30.5 Å². The molecule has 0 aliphatic carbocycles. The molecule has 1 spiro atoms. The number of para-hydroxylation sites is 1. The maximum Gasteiger partial charge on any atom is 0.247 e. The van der Waals surface area contributed by atoms with Crippen molar-refractivity contribution >= 4 is 35.2 Å². The van der Waals surface area contributed by atoms with Gasteiger partial charge >= 0.3 is 0 Å². The number of likely N-dealkylation sites (tertiary alicyclic amines) is 1. The lowest BCUT2D eigenvalue weighted by atomic mass is 9.70. The van der Waals surface area contributed by atoms with Crippen molar-refractivity contribution in [3.05, 3.63) is 91.5 Å². The van der Waals surface area contributed by atoms with Crippen LogP contribution in [0, 0.1) is 11.8 Å². The van der Waals surface area contributed by atoms with Gasteiger partial charge in [0.1, 0.15) is 6.04 Å². The minimum atomic E-state index is -0.747. The number of fused-ring (bicyclic) bond motifs is 1. The predicted octanol–water partition coefficient (Wildman–Crippen LogP) is 3.50. The van der Waals surface area contributed by atoms with E-state index in [9.17, 15) is 19.5 Å². The van der Waals surface area contributed by atoms with Gasteiger partial charge in [-0.25, -0.2) is 0 Å². The topological polar surface area (TPSA) is 81.2 Å². The summed E-state index contributed by atoms with van der Waals surface area (Å²) in [5, 5.41) is 9.86. The number of benzene rings is 2. The van der Waals surface area contributed by atoms with Gasteiger partial charge in [-0.3, -0.25) is 14.4 Å². The summed E-state index contributed by atoms with van der Waals surface area (Å²) in [6.45, 7) is 8.57. The third-order valence-corrected chi connectivity index (χ3v) is 10.1. The van der Waals surface area contributed by atoms with Crippen molar-refractivity contribution in [2.24, 2.45) is 11.8 Å². The van der Waals surface area contributed by atoms with E-state index in [0.717, 1.165) is 17.7 Å². The number of thioether (sulfide) groups is 1. The molecule has 3 aliphatic heterocycles. The molecule has 3 fully saturated rings. The summed E-state index contributed by atoms with van der Waals surface area (Å²) in [5.41, 5.74) is 1.74. The molecule has 2 aromatic carbocycles. The summed E-state index contributed by atoms with van der Waals surface area (Å²) in [7, 11) is 0. The minimum absolute atomic E-state index is 0.0453. The molecular weight excluding hydrogens is 510 g/mol. The first-order valence-corrected chi connectivity index (χ1v) is 14.3. The van der Waals surface area contributed by atoms with Crippen LogP contribution in [0.4, 0.5) is 5.69 Å². The van der Waals surface area contributed by atoms with Crippen LogP contribution in [-0.4, -0.2) is 74.9 Å². The average molecular weight is 546 g/mol. The zero-order chi connectivity index (χ0) is 27.6. The van der Waals surface area contributed by atoms with Crippen molar-refractivity contribution in [2.45, 2.75) is 35.4 Å². The van der Waals surface area contributed by atoms with Gasteiger partial charge in [0.2, 0.25) is 17.7 Å². The van der Waals surface area contributed by atoms with Crippen LogP contribution in [0.1, 0.15) is 18.4 Å². The lowest BCUT2D eigenvalue weighted by Crippen LogP contribution is -2.55. The summed E-state index contributed by atoms with van der Waals surface area (Å²) >= 11 is 1.64. The Morgan fingerprint density at radius 1 is 1.03 bits per heavy atom. The molecule has 3 aliphatic rings. The number of aliphatic hydroxyl groups excluding tert-OH is 1. The van der Waals surface area contributed by atoms with Crippen molar-refractivity contribution < 1.29 is 19.5 Å². The number of β-amino-alcohol motifs (C(OH)–C–C–N with tert-alkyl or cyclic N) is 1. The zero-order valence-electron chi connectivity index (χ0n) is 22.0. The lowest BCUT2D eigenvalue weighted by molar-refractivity contribution is -0.143. The molecule has 3 amide bonds. The highest BCUT2D eigenvalue weighted by Gasteiger charge is 2.74. The van der Waals surface area contributed by atoms with Gasteiger partial charge < -0.3 is 19.8 Å². The largest absolute Gasteiger partial charge is 0.395 e. The number of hydrogen-bond acceptors (Lipinski definition) is 5. The van der Waals surface area contributed by atoms with E-state index in [0.29, 0.717) is 26.1 Å². The van der Waals surface area contributed by atoms with E-state index in [1.807, 2.05) is 60.7 Å². The van der Waals surface area contributed by atoms with Gasteiger partial charge in [-0.2, -0.15) is 0 Å². The highest BCUT2D eigenvalue weighted by molar-refractivity contribution is 8.02. The number of rotatable bonds is 11. The molecule has 0 aromatic heterocycles. The molecule has 3 heterocycles. The molecule has 1 N–H and O–H groups in total. The van der Waals surface area contributed by atoms with Crippen LogP contribution in [0.25, 0.3) is 0 Å². The Balaban J connectivity index is 1.50. The molecule has 204 valence electrons. The van der Waals surface area contributed by atoms with Gasteiger partial charge in [-0.15, -0.1) is 24.9 Å². The molecule has 5 atom stereocenters. The smallest absolute Gasteiger partial charge is 0.247 e. The predicted molar refractivity (Wildman–Crippen MR) is 154 cm³/mol. The fourth-order valence-electron chi connectivity index (χ4n) is 6.67. The zero-order valence-corrected chi connectivity index (χ0v) is 22.8. The van der Waals surface area contributed by atoms with Crippen molar-refractivity contribution in [2.75, 3.05) is 31.1 Å². The standard InChI is InChI=1S/C31H35N3O4S/c1-3-17-32(21-22-11-7-5-8-12-22)30(38)27-31-16-15-24(39-31)25(26(31)29(37)34(27)19-20-35)28(36)33(18-4-2)23-13-9-6-10-14-23/h3-14,24-27,35H,1-2,15-21H2/t24-,25+,26-,27?,31?/m0/s1. The first-order valence-electron chi connectivity index (χ1n) is 13.5. The third kappa shape index (κ3) is 4.70. The number of hydrogen-bond donors (Lipinski definition) is 1. The Labute approximate surface area is 234 Å². The molecule has 8 heteroatoms. The van der Waals surface area contributed by atoms with E-state index in [1.165, 1.54) is 0 Å². The van der Waals surface area contributed by atoms with Crippen molar-refractivity contribution in [1.29, 1.82) is 0 Å². The summed E-state index contributed by atoms with van der Waals surface area (Å²) in [5.74, 6) is -1.64. The molecular formula is C31H35N3O4S. The molecule has 3 saturated heterocycles. The van der Waals surface area contributed by atoms with E-state index in [1.54, 1.807) is 38.6 Å². The highest BCUT2D eigenvalue weighted by Crippen LogP contribution is 2.66. The lowest BCUT2D eigenvalue weighted by Gasteiger charge is -2.37. The quantitative estimate of drug-likeness (QED) is 0.437. The SMILES string of the molecule is C=CCN(Cc1ccccc1)C(=O)C1N(CCO)C(=O)[C@@H]2[C@H](C(=O)N(CC=C)c3ccccc3)[C@@H]3CCC12S3. The highest BCUT2D eigenvalue weighted by atomic mass is 32.2. The van der Waals surface area contributed by atoms with Crippen LogP contribution in [-0.2, 0) is 20.9 Å². The molecule has 0 saturated carbocycles. The van der Waals surface area contributed by atoms with Gasteiger partial charge in [0.15, 0.2) is 0 Å². The van der Waals surface area contributed by atoms with Gasteiger partial charge in [-0.1, -0.05) is 60.7 Å². The Kier molecular flexibility index (Phi) is 7.96. The second kappa shape index (κ2) is 11.4. The summed E-state index contributed by atoms with van der Waals surface area (Å²) < 4.78 is -0.707. The number of carbonyl (C=O) groups excluding carboxylic acids is 3. The minimum Gasteiger partial charge on any atom is -0.395 e. The molecule has 0 radical (unpaired) electrons. The number of carbonyl (C=O) groups is 3. The first-order chi connectivity index (χ1) is 19.0. The number of nitrogens with zero attached hydrogens (tertiary/aromatic N) is 3. The summed E-state index contributed by atoms with van der Waals surface area (Å²) in [6, 6.07) is 18.4. The van der Waals surface area contributed by atoms with E-state index in [2.05, 4.69) is 13.2 Å². The molecule has 2 bridgehead atoms. The van der Waals surface area contributed by atoms with E-state index in [4.69, 9.17) is 0 Å². The van der Waals surface area contributed by atoms with E-state index < -0.39 is 22.6 Å². The Bertz CT molecular complexity index is 1240. The molecule has 39 heavy (non-hydrogen) atoms. The monoisotopic (exact) mass is 545 g/mol. The Morgan fingerprint density at radius 2 is 1.69 bits per heavy atom. The number of anilines is 1.